The molecule has 1 saturated heterocycles. The molecule has 5 nitrogen and oxygen atoms in total. The van der Waals surface area contributed by atoms with Gasteiger partial charge in [-0.25, -0.2) is 9.97 Å². The van der Waals surface area contributed by atoms with Gasteiger partial charge in [0.15, 0.2) is 0 Å². The van der Waals surface area contributed by atoms with Crippen LogP contribution >= 0.6 is 0 Å². The fourth-order valence-electron chi connectivity index (χ4n) is 3.80. The van der Waals surface area contributed by atoms with E-state index in [4.69, 9.17) is 0 Å². The first-order chi connectivity index (χ1) is 14.1. The number of anilines is 2. The van der Waals surface area contributed by atoms with Crippen LogP contribution in [0.4, 0.5) is 11.5 Å². The fourth-order valence-corrected chi connectivity index (χ4v) is 3.80. The van der Waals surface area contributed by atoms with Crippen molar-refractivity contribution in [1.29, 1.82) is 0 Å². The van der Waals surface area contributed by atoms with Crippen molar-refractivity contribution in [2.75, 3.05) is 23.3 Å². The van der Waals surface area contributed by atoms with Crippen molar-refractivity contribution >= 4 is 17.4 Å². The highest BCUT2D eigenvalue weighted by molar-refractivity contribution is 5.93. The van der Waals surface area contributed by atoms with E-state index in [0.29, 0.717) is 0 Å². The predicted molar refractivity (Wildman–Crippen MR) is 117 cm³/mol. The molecule has 1 fully saturated rings. The molecule has 148 valence electrons. The third-order valence-electron chi connectivity index (χ3n) is 5.48. The van der Waals surface area contributed by atoms with Crippen LogP contribution in [0, 0.1) is 19.8 Å². The summed E-state index contributed by atoms with van der Waals surface area (Å²) >= 11 is 0. The van der Waals surface area contributed by atoms with Gasteiger partial charge in [-0.05, 0) is 49.9 Å². The molecule has 2 aromatic carbocycles. The number of nitrogens with one attached hydrogen (secondary N) is 1. The maximum atomic E-state index is 12.7. The molecule has 0 aliphatic carbocycles. The van der Waals surface area contributed by atoms with Crippen molar-refractivity contribution < 1.29 is 4.79 Å². The second kappa shape index (κ2) is 8.43. The molecule has 4 rings (SSSR count). The summed E-state index contributed by atoms with van der Waals surface area (Å²) in [6.45, 7) is 5.73. The molecule has 5 heteroatoms. The Balaban J connectivity index is 1.34. The van der Waals surface area contributed by atoms with E-state index in [1.54, 1.807) is 6.33 Å². The minimum Gasteiger partial charge on any atom is -0.356 e. The predicted octanol–water partition coefficient (Wildman–Crippen LogP) is 4.62. The third-order valence-corrected chi connectivity index (χ3v) is 5.48. The monoisotopic (exact) mass is 386 g/mol. The maximum absolute atomic E-state index is 12.7. The highest BCUT2D eigenvalue weighted by Crippen LogP contribution is 2.25. The molecule has 1 N–H and O–H groups in total. The zero-order chi connectivity index (χ0) is 20.2. The molecule has 1 amide bonds. The second-order valence-corrected chi connectivity index (χ2v) is 7.71. The van der Waals surface area contributed by atoms with Crippen LogP contribution in [0.5, 0.6) is 0 Å². The molecule has 0 bridgehead atoms. The number of nitrogens with zero attached hydrogens (tertiary/aromatic N) is 3. The number of aromatic nitrogens is 2. The van der Waals surface area contributed by atoms with E-state index in [-0.39, 0.29) is 11.8 Å². The number of amides is 1. The van der Waals surface area contributed by atoms with Crippen LogP contribution in [-0.4, -0.2) is 29.0 Å². The lowest BCUT2D eigenvalue weighted by Gasteiger charge is -2.32. The molecule has 3 aromatic rings. The summed E-state index contributed by atoms with van der Waals surface area (Å²) in [5.41, 5.74) is 5.39. The first-order valence-electron chi connectivity index (χ1n) is 10.1. The van der Waals surface area contributed by atoms with Crippen LogP contribution in [-0.2, 0) is 4.79 Å². The Kier molecular flexibility index (Phi) is 5.56. The number of benzene rings is 2. The summed E-state index contributed by atoms with van der Waals surface area (Å²) in [4.78, 5) is 23.4. The summed E-state index contributed by atoms with van der Waals surface area (Å²) < 4.78 is 0. The Morgan fingerprint density at radius 3 is 2.41 bits per heavy atom. The van der Waals surface area contributed by atoms with Gasteiger partial charge in [-0.3, -0.25) is 4.79 Å². The molecule has 1 aromatic heterocycles. The zero-order valence-corrected chi connectivity index (χ0v) is 16.9. The molecule has 0 atom stereocenters. The first-order valence-corrected chi connectivity index (χ1v) is 10.1. The topological polar surface area (TPSA) is 58.1 Å². The molecule has 1 aliphatic rings. The lowest BCUT2D eigenvalue weighted by atomic mass is 9.95. The lowest BCUT2D eigenvalue weighted by molar-refractivity contribution is -0.120. The number of carbonyl (C=O) groups is 1. The first kappa shape index (κ1) is 19.1. The Labute approximate surface area is 171 Å². The van der Waals surface area contributed by atoms with E-state index in [2.05, 4.69) is 63.5 Å². The minimum absolute atomic E-state index is 0.0330. The van der Waals surface area contributed by atoms with Gasteiger partial charge in [0.05, 0.1) is 0 Å². The van der Waals surface area contributed by atoms with Crippen LogP contribution in [0.3, 0.4) is 0 Å². The molecule has 0 radical (unpaired) electrons. The van der Waals surface area contributed by atoms with E-state index >= 15 is 0 Å². The van der Waals surface area contributed by atoms with E-state index < -0.39 is 0 Å². The van der Waals surface area contributed by atoms with Crippen LogP contribution in [0.25, 0.3) is 11.1 Å². The third kappa shape index (κ3) is 4.62. The molecular weight excluding hydrogens is 360 g/mol. The molecule has 29 heavy (non-hydrogen) atoms. The molecule has 0 spiro atoms. The van der Waals surface area contributed by atoms with Crippen molar-refractivity contribution in [3.05, 3.63) is 72.2 Å². The SMILES string of the molecule is Cc1cccc(-c2ccc(NC(=O)C3CCN(c4cc(C)ncn4)CC3)cc2)c1. The number of hydrogen-bond donors (Lipinski definition) is 1. The Morgan fingerprint density at radius 2 is 1.72 bits per heavy atom. The highest BCUT2D eigenvalue weighted by atomic mass is 16.1. The fraction of sp³-hybridized carbons (Fsp3) is 0.292. The van der Waals surface area contributed by atoms with Crippen molar-refractivity contribution in [3.8, 4) is 11.1 Å². The van der Waals surface area contributed by atoms with Gasteiger partial charge >= 0.3 is 0 Å². The van der Waals surface area contributed by atoms with Crippen molar-refractivity contribution in [2.24, 2.45) is 5.92 Å². The molecule has 0 saturated carbocycles. The number of aryl methyl sites for hydroxylation is 2. The van der Waals surface area contributed by atoms with Crippen LogP contribution < -0.4 is 10.2 Å². The molecular formula is C24H26N4O. The van der Waals surface area contributed by atoms with Gasteiger partial charge in [-0.1, -0.05) is 42.0 Å². The van der Waals surface area contributed by atoms with Crippen LogP contribution in [0.2, 0.25) is 0 Å². The van der Waals surface area contributed by atoms with Gasteiger partial charge in [0.1, 0.15) is 12.1 Å². The molecule has 2 heterocycles. The molecule has 0 unspecified atom stereocenters. The van der Waals surface area contributed by atoms with Crippen molar-refractivity contribution in [2.45, 2.75) is 26.7 Å². The van der Waals surface area contributed by atoms with Gasteiger partial charge in [0.25, 0.3) is 0 Å². The number of rotatable bonds is 4. The lowest BCUT2D eigenvalue weighted by Crippen LogP contribution is -2.38. The number of piperidine rings is 1. The maximum Gasteiger partial charge on any atom is 0.227 e. The Hall–Kier alpha value is -3.21. The van der Waals surface area contributed by atoms with Crippen molar-refractivity contribution in [3.63, 3.8) is 0 Å². The Morgan fingerprint density at radius 1 is 0.966 bits per heavy atom. The van der Waals surface area contributed by atoms with Gasteiger partial charge in [0, 0.05) is 36.5 Å². The van der Waals surface area contributed by atoms with Gasteiger partial charge in [0.2, 0.25) is 5.91 Å². The zero-order valence-electron chi connectivity index (χ0n) is 16.9. The standard InChI is InChI=1S/C24H26N4O/c1-17-4-3-5-21(14-17)19-6-8-22(9-7-19)27-24(29)20-10-12-28(13-11-20)23-15-18(2)25-16-26-23/h3-9,14-16,20H,10-13H2,1-2H3,(H,27,29). The summed E-state index contributed by atoms with van der Waals surface area (Å²) in [7, 11) is 0. The number of carbonyl (C=O) groups excluding carboxylic acids is 1. The van der Waals surface area contributed by atoms with E-state index in [9.17, 15) is 4.79 Å². The minimum atomic E-state index is 0.0330. The van der Waals surface area contributed by atoms with Gasteiger partial charge in [-0.15, -0.1) is 0 Å². The average molecular weight is 386 g/mol. The second-order valence-electron chi connectivity index (χ2n) is 7.71. The van der Waals surface area contributed by atoms with Gasteiger partial charge < -0.3 is 10.2 Å². The van der Waals surface area contributed by atoms with E-state index in [1.807, 2.05) is 25.1 Å². The largest absolute Gasteiger partial charge is 0.356 e. The van der Waals surface area contributed by atoms with Gasteiger partial charge in [-0.2, -0.15) is 0 Å². The average Bonchev–Trinajstić information content (AvgIpc) is 2.74. The summed E-state index contributed by atoms with van der Waals surface area (Å²) in [5.74, 6) is 1.08. The summed E-state index contributed by atoms with van der Waals surface area (Å²) in [6, 6.07) is 18.5. The quantitative estimate of drug-likeness (QED) is 0.711. The van der Waals surface area contributed by atoms with E-state index in [1.165, 1.54) is 11.1 Å². The van der Waals surface area contributed by atoms with E-state index in [0.717, 1.165) is 48.7 Å². The normalized spacial score (nSPS) is 14.6. The highest BCUT2D eigenvalue weighted by Gasteiger charge is 2.25. The van der Waals surface area contributed by atoms with Crippen molar-refractivity contribution in [1.82, 2.24) is 9.97 Å². The van der Waals surface area contributed by atoms with Crippen LogP contribution in [0.1, 0.15) is 24.1 Å². The smallest absolute Gasteiger partial charge is 0.227 e. The summed E-state index contributed by atoms with van der Waals surface area (Å²) in [6.07, 6.45) is 3.26. The number of hydrogen-bond acceptors (Lipinski definition) is 4. The Bertz CT molecular complexity index is 992. The summed E-state index contributed by atoms with van der Waals surface area (Å²) in [5, 5.41) is 3.08. The van der Waals surface area contributed by atoms with Crippen LogP contribution in [0.15, 0.2) is 60.9 Å². The molecule has 1 aliphatic heterocycles.